The molecule has 1 N–H and O–H groups in total. The zero-order valence-electron chi connectivity index (χ0n) is 10.6. The fraction of sp³-hybridized carbons (Fsp3) is 0.500. The third-order valence-corrected chi connectivity index (χ3v) is 4.38. The number of likely N-dealkylation sites (N-methyl/N-ethyl adjacent to an activating group) is 1. The predicted molar refractivity (Wildman–Crippen MR) is 71.9 cm³/mol. The molecule has 0 amide bonds. The Bertz CT molecular complexity index is 440. The Kier molecular flexibility index (Phi) is 4.96. The average molecular weight is 256 g/mol. The van der Waals surface area contributed by atoms with Gasteiger partial charge in [0.1, 0.15) is 0 Å². The molecule has 0 radical (unpaired) electrons. The van der Waals surface area contributed by atoms with Crippen molar-refractivity contribution in [2.75, 3.05) is 30.2 Å². The standard InChI is InChI=1S/C12H20N2O2S/c1-4-17(15,16)14(10-9-13-3)12-7-5-11(2)6-8-12/h5-8,13H,4,9-10H2,1-3H3. The maximum Gasteiger partial charge on any atom is 0.234 e. The number of nitrogens with zero attached hydrogens (tertiary/aromatic N) is 1. The SMILES string of the molecule is CCS(=O)(=O)N(CCNC)c1ccc(C)cc1. The Hall–Kier alpha value is -1.07. The molecule has 0 fully saturated rings. The van der Waals surface area contributed by atoms with Crippen molar-refractivity contribution < 1.29 is 8.42 Å². The normalized spacial score (nSPS) is 11.5. The molecule has 0 bridgehead atoms. The smallest absolute Gasteiger partial charge is 0.234 e. The van der Waals surface area contributed by atoms with Gasteiger partial charge in [0.05, 0.1) is 11.4 Å². The molecule has 0 saturated heterocycles. The van der Waals surface area contributed by atoms with Crippen LogP contribution in [-0.4, -0.2) is 34.3 Å². The zero-order chi connectivity index (χ0) is 12.9. The highest BCUT2D eigenvalue weighted by molar-refractivity contribution is 7.92. The van der Waals surface area contributed by atoms with E-state index in [1.165, 1.54) is 4.31 Å². The molecule has 0 heterocycles. The molecule has 4 nitrogen and oxygen atoms in total. The Morgan fingerprint density at radius 3 is 2.29 bits per heavy atom. The Labute approximate surface area is 104 Å². The minimum absolute atomic E-state index is 0.116. The van der Waals surface area contributed by atoms with Crippen LogP contribution in [0.3, 0.4) is 0 Å². The van der Waals surface area contributed by atoms with Crippen LogP contribution < -0.4 is 9.62 Å². The summed E-state index contributed by atoms with van der Waals surface area (Å²) in [6.45, 7) is 4.73. The Balaban J connectivity index is 3.02. The molecule has 1 aromatic rings. The number of hydrogen-bond acceptors (Lipinski definition) is 3. The summed E-state index contributed by atoms with van der Waals surface area (Å²) < 4.78 is 25.4. The van der Waals surface area contributed by atoms with E-state index >= 15 is 0 Å². The summed E-state index contributed by atoms with van der Waals surface area (Å²) in [5.74, 6) is 0.116. The first-order valence-corrected chi connectivity index (χ1v) is 7.34. The fourth-order valence-electron chi connectivity index (χ4n) is 1.51. The molecular weight excluding hydrogens is 236 g/mol. The van der Waals surface area contributed by atoms with Crippen LogP contribution in [0.4, 0.5) is 5.69 Å². The highest BCUT2D eigenvalue weighted by Crippen LogP contribution is 2.18. The summed E-state index contributed by atoms with van der Waals surface area (Å²) >= 11 is 0. The van der Waals surface area contributed by atoms with E-state index in [2.05, 4.69) is 5.32 Å². The number of aryl methyl sites for hydroxylation is 1. The van der Waals surface area contributed by atoms with Crippen molar-refractivity contribution in [2.45, 2.75) is 13.8 Å². The molecule has 0 aromatic heterocycles. The molecule has 0 spiro atoms. The molecule has 1 aromatic carbocycles. The first-order chi connectivity index (χ1) is 8.01. The van der Waals surface area contributed by atoms with Gasteiger partial charge >= 0.3 is 0 Å². The maximum atomic E-state index is 12.0. The molecule has 0 saturated carbocycles. The van der Waals surface area contributed by atoms with Crippen molar-refractivity contribution in [1.29, 1.82) is 0 Å². The summed E-state index contributed by atoms with van der Waals surface area (Å²) in [4.78, 5) is 0. The first kappa shape index (κ1) is 14.0. The molecule has 17 heavy (non-hydrogen) atoms. The van der Waals surface area contributed by atoms with E-state index in [1.54, 1.807) is 6.92 Å². The van der Waals surface area contributed by atoms with Gasteiger partial charge in [-0.15, -0.1) is 0 Å². The van der Waals surface area contributed by atoms with Gasteiger partial charge in [0.15, 0.2) is 0 Å². The summed E-state index contributed by atoms with van der Waals surface area (Å²) in [6.07, 6.45) is 0. The molecule has 5 heteroatoms. The number of sulfonamides is 1. The van der Waals surface area contributed by atoms with Crippen LogP contribution in [0, 0.1) is 6.92 Å². The fourth-order valence-corrected chi connectivity index (χ4v) is 2.63. The van der Waals surface area contributed by atoms with E-state index in [4.69, 9.17) is 0 Å². The molecular formula is C12H20N2O2S. The van der Waals surface area contributed by atoms with Crippen molar-refractivity contribution in [3.05, 3.63) is 29.8 Å². The molecule has 96 valence electrons. The lowest BCUT2D eigenvalue weighted by atomic mass is 10.2. The van der Waals surface area contributed by atoms with Gasteiger partial charge in [-0.2, -0.15) is 0 Å². The van der Waals surface area contributed by atoms with Crippen molar-refractivity contribution in [2.24, 2.45) is 0 Å². The Morgan fingerprint density at radius 1 is 1.24 bits per heavy atom. The van der Waals surface area contributed by atoms with Crippen molar-refractivity contribution in [3.63, 3.8) is 0 Å². The van der Waals surface area contributed by atoms with E-state index in [-0.39, 0.29) is 5.75 Å². The van der Waals surface area contributed by atoms with E-state index in [9.17, 15) is 8.42 Å². The topological polar surface area (TPSA) is 49.4 Å². The van der Waals surface area contributed by atoms with Crippen LogP contribution in [0.5, 0.6) is 0 Å². The lowest BCUT2D eigenvalue weighted by molar-refractivity contribution is 0.590. The molecule has 0 atom stereocenters. The van der Waals surface area contributed by atoms with Crippen molar-refractivity contribution in [3.8, 4) is 0 Å². The van der Waals surface area contributed by atoms with Gasteiger partial charge in [-0.1, -0.05) is 17.7 Å². The molecule has 0 aliphatic heterocycles. The average Bonchev–Trinajstić information content (AvgIpc) is 2.31. The van der Waals surface area contributed by atoms with Crippen LogP contribution >= 0.6 is 0 Å². The lowest BCUT2D eigenvalue weighted by Crippen LogP contribution is -2.37. The van der Waals surface area contributed by atoms with Crippen molar-refractivity contribution >= 4 is 15.7 Å². The second-order valence-electron chi connectivity index (χ2n) is 3.91. The molecule has 0 aliphatic rings. The van der Waals surface area contributed by atoms with Gasteiger partial charge in [-0.05, 0) is 33.0 Å². The minimum atomic E-state index is -3.21. The summed E-state index contributed by atoms with van der Waals surface area (Å²) in [6, 6.07) is 7.54. The van der Waals surface area contributed by atoms with Crippen LogP contribution in [0.2, 0.25) is 0 Å². The van der Waals surface area contributed by atoms with Gasteiger partial charge < -0.3 is 5.32 Å². The minimum Gasteiger partial charge on any atom is -0.318 e. The van der Waals surface area contributed by atoms with Crippen LogP contribution in [0.25, 0.3) is 0 Å². The summed E-state index contributed by atoms with van der Waals surface area (Å²) in [5.41, 5.74) is 1.85. The third-order valence-electron chi connectivity index (χ3n) is 2.59. The number of nitrogens with one attached hydrogen (secondary N) is 1. The largest absolute Gasteiger partial charge is 0.318 e. The van der Waals surface area contributed by atoms with E-state index < -0.39 is 10.0 Å². The summed E-state index contributed by atoms with van der Waals surface area (Å²) in [7, 11) is -1.39. The number of hydrogen-bond donors (Lipinski definition) is 1. The van der Waals surface area contributed by atoms with Crippen molar-refractivity contribution in [1.82, 2.24) is 5.32 Å². The molecule has 0 aliphatic carbocycles. The second-order valence-corrected chi connectivity index (χ2v) is 6.09. The van der Waals surface area contributed by atoms with E-state index in [0.717, 1.165) is 11.3 Å². The monoisotopic (exact) mass is 256 g/mol. The molecule has 0 unspecified atom stereocenters. The third kappa shape index (κ3) is 3.71. The van der Waals surface area contributed by atoms with Crippen LogP contribution in [-0.2, 0) is 10.0 Å². The quantitative estimate of drug-likeness (QED) is 0.836. The van der Waals surface area contributed by atoms with Gasteiger partial charge in [-0.25, -0.2) is 8.42 Å². The lowest BCUT2D eigenvalue weighted by Gasteiger charge is -2.23. The zero-order valence-corrected chi connectivity index (χ0v) is 11.4. The highest BCUT2D eigenvalue weighted by Gasteiger charge is 2.19. The van der Waals surface area contributed by atoms with E-state index in [1.807, 2.05) is 38.2 Å². The maximum absolute atomic E-state index is 12.0. The van der Waals surface area contributed by atoms with Gasteiger partial charge in [0.25, 0.3) is 0 Å². The number of benzene rings is 1. The van der Waals surface area contributed by atoms with E-state index in [0.29, 0.717) is 13.1 Å². The second kappa shape index (κ2) is 6.02. The molecule has 1 rings (SSSR count). The van der Waals surface area contributed by atoms with Gasteiger partial charge in [-0.3, -0.25) is 4.31 Å². The number of anilines is 1. The van der Waals surface area contributed by atoms with Crippen LogP contribution in [0.15, 0.2) is 24.3 Å². The summed E-state index contributed by atoms with van der Waals surface area (Å²) in [5, 5.41) is 2.97. The Morgan fingerprint density at radius 2 is 1.82 bits per heavy atom. The van der Waals surface area contributed by atoms with Crippen LogP contribution in [0.1, 0.15) is 12.5 Å². The number of rotatable bonds is 6. The highest BCUT2D eigenvalue weighted by atomic mass is 32.2. The van der Waals surface area contributed by atoms with Gasteiger partial charge in [0.2, 0.25) is 10.0 Å². The first-order valence-electron chi connectivity index (χ1n) is 5.73. The van der Waals surface area contributed by atoms with Gasteiger partial charge in [0, 0.05) is 13.1 Å². The predicted octanol–water partition coefficient (Wildman–Crippen LogP) is 1.37.